The molecule has 0 aliphatic carbocycles. The van der Waals surface area contributed by atoms with E-state index in [9.17, 15) is 19.4 Å². The summed E-state index contributed by atoms with van der Waals surface area (Å²) in [5.41, 5.74) is 8.92. The SMILES string of the molecule is CC(CCCc1nc2cc(C(N)=O)ccc2nc1-c1ccc(F)cc1)C(O)O. The summed E-state index contributed by atoms with van der Waals surface area (Å²) in [6.07, 6.45) is 0.454. The van der Waals surface area contributed by atoms with Crippen LogP contribution in [0.1, 0.15) is 35.8 Å². The minimum Gasteiger partial charge on any atom is -0.368 e. The number of aryl methyl sites for hydroxylation is 1. The Hall–Kier alpha value is -2.90. The number of aliphatic hydroxyl groups is 2. The van der Waals surface area contributed by atoms with Gasteiger partial charge in [0.2, 0.25) is 5.91 Å². The van der Waals surface area contributed by atoms with Crippen molar-refractivity contribution in [2.45, 2.75) is 32.5 Å². The Morgan fingerprint density at radius 3 is 2.46 bits per heavy atom. The van der Waals surface area contributed by atoms with Crippen molar-refractivity contribution >= 4 is 16.9 Å². The van der Waals surface area contributed by atoms with E-state index in [0.717, 1.165) is 5.56 Å². The number of aliphatic hydroxyl groups excluding tert-OH is 1. The first-order chi connectivity index (χ1) is 13.3. The number of amides is 1. The van der Waals surface area contributed by atoms with Crippen molar-refractivity contribution in [3.8, 4) is 11.3 Å². The molecule has 0 fully saturated rings. The topological polar surface area (TPSA) is 109 Å². The largest absolute Gasteiger partial charge is 0.368 e. The van der Waals surface area contributed by atoms with Crippen LogP contribution in [0.2, 0.25) is 0 Å². The molecule has 28 heavy (non-hydrogen) atoms. The lowest BCUT2D eigenvalue weighted by molar-refractivity contribution is -0.0806. The number of fused-ring (bicyclic) bond motifs is 1. The number of rotatable bonds is 7. The van der Waals surface area contributed by atoms with Gasteiger partial charge in [-0.3, -0.25) is 4.79 Å². The fourth-order valence-corrected chi connectivity index (χ4v) is 3.00. The van der Waals surface area contributed by atoms with Crippen molar-refractivity contribution in [2.75, 3.05) is 0 Å². The molecule has 0 radical (unpaired) electrons. The Morgan fingerprint density at radius 2 is 1.82 bits per heavy atom. The molecule has 3 rings (SSSR count). The molecule has 0 saturated heterocycles. The van der Waals surface area contributed by atoms with Crippen molar-refractivity contribution in [2.24, 2.45) is 11.7 Å². The molecule has 1 amide bonds. The van der Waals surface area contributed by atoms with Gasteiger partial charge in [-0.25, -0.2) is 14.4 Å². The first kappa shape index (κ1) is 19.9. The Bertz CT molecular complexity index is 990. The van der Waals surface area contributed by atoms with Crippen molar-refractivity contribution in [3.63, 3.8) is 0 Å². The van der Waals surface area contributed by atoms with E-state index < -0.39 is 12.2 Å². The Balaban J connectivity index is 2.01. The molecule has 2 aromatic carbocycles. The van der Waals surface area contributed by atoms with E-state index in [1.54, 1.807) is 37.3 Å². The summed E-state index contributed by atoms with van der Waals surface area (Å²) in [7, 11) is 0. The van der Waals surface area contributed by atoms with Crippen LogP contribution < -0.4 is 5.73 Å². The molecule has 0 aliphatic heterocycles. The standard InChI is InChI=1S/C21H22FN3O3/c1-12(21(27)28)3-2-4-17-19(13-5-8-15(22)9-6-13)25-16-10-7-14(20(23)26)11-18(16)24-17/h5-12,21,27-28H,2-4H2,1H3,(H2,23,26). The van der Waals surface area contributed by atoms with Crippen LogP contribution in [-0.2, 0) is 6.42 Å². The number of nitrogens with zero attached hydrogens (tertiary/aromatic N) is 2. The highest BCUT2D eigenvalue weighted by Gasteiger charge is 2.15. The molecule has 4 N–H and O–H groups in total. The Labute approximate surface area is 161 Å². The van der Waals surface area contributed by atoms with Crippen LogP contribution in [0.25, 0.3) is 22.3 Å². The number of primary amides is 1. The van der Waals surface area contributed by atoms with Gasteiger partial charge >= 0.3 is 0 Å². The van der Waals surface area contributed by atoms with Gasteiger partial charge in [0.05, 0.1) is 22.4 Å². The van der Waals surface area contributed by atoms with Gasteiger partial charge in [0, 0.05) is 17.0 Å². The molecular formula is C21H22FN3O3. The number of carbonyl (C=O) groups is 1. The Kier molecular flexibility index (Phi) is 5.96. The molecule has 7 heteroatoms. The fourth-order valence-electron chi connectivity index (χ4n) is 3.00. The van der Waals surface area contributed by atoms with Gasteiger partial charge in [-0.15, -0.1) is 0 Å². The highest BCUT2D eigenvalue weighted by molar-refractivity contribution is 5.96. The summed E-state index contributed by atoms with van der Waals surface area (Å²) in [5.74, 6) is -1.14. The van der Waals surface area contributed by atoms with Crippen LogP contribution in [-0.4, -0.2) is 32.4 Å². The summed E-state index contributed by atoms with van der Waals surface area (Å²) >= 11 is 0. The van der Waals surface area contributed by atoms with Gasteiger partial charge in [-0.05, 0) is 61.7 Å². The van der Waals surface area contributed by atoms with Crippen molar-refractivity contribution in [1.29, 1.82) is 0 Å². The van der Waals surface area contributed by atoms with Gasteiger partial charge in [-0.1, -0.05) is 6.92 Å². The fraction of sp³-hybridized carbons (Fsp3) is 0.286. The highest BCUT2D eigenvalue weighted by Crippen LogP contribution is 2.26. The minimum absolute atomic E-state index is 0.260. The maximum Gasteiger partial charge on any atom is 0.248 e. The monoisotopic (exact) mass is 383 g/mol. The van der Waals surface area contributed by atoms with E-state index in [1.807, 2.05) is 0 Å². The summed E-state index contributed by atoms with van der Waals surface area (Å²) in [4.78, 5) is 20.8. The molecule has 0 spiro atoms. The predicted molar refractivity (Wildman–Crippen MR) is 104 cm³/mol. The van der Waals surface area contributed by atoms with E-state index >= 15 is 0 Å². The minimum atomic E-state index is -1.36. The molecule has 1 atom stereocenters. The van der Waals surface area contributed by atoms with Crippen LogP contribution in [0, 0.1) is 11.7 Å². The second kappa shape index (κ2) is 8.41. The van der Waals surface area contributed by atoms with Crippen LogP contribution in [0.3, 0.4) is 0 Å². The maximum absolute atomic E-state index is 13.3. The number of aromatic nitrogens is 2. The molecule has 3 aromatic rings. The zero-order chi connectivity index (χ0) is 20.3. The average Bonchev–Trinajstić information content (AvgIpc) is 2.67. The third-order valence-electron chi connectivity index (χ3n) is 4.72. The summed E-state index contributed by atoms with van der Waals surface area (Å²) in [5, 5.41) is 18.5. The van der Waals surface area contributed by atoms with Crippen LogP contribution >= 0.6 is 0 Å². The molecule has 1 aromatic heterocycles. The second-order valence-corrected chi connectivity index (χ2v) is 6.88. The number of nitrogens with two attached hydrogens (primary N) is 1. The van der Waals surface area contributed by atoms with Gasteiger partial charge in [-0.2, -0.15) is 0 Å². The first-order valence-corrected chi connectivity index (χ1v) is 9.07. The van der Waals surface area contributed by atoms with Crippen molar-refractivity contribution < 1.29 is 19.4 Å². The Morgan fingerprint density at radius 1 is 1.11 bits per heavy atom. The lowest BCUT2D eigenvalue weighted by atomic mass is 10.00. The molecule has 146 valence electrons. The number of benzene rings is 2. The third-order valence-corrected chi connectivity index (χ3v) is 4.72. The molecule has 6 nitrogen and oxygen atoms in total. The number of carbonyl (C=O) groups excluding carboxylic acids is 1. The normalized spacial score (nSPS) is 12.5. The first-order valence-electron chi connectivity index (χ1n) is 9.07. The summed E-state index contributed by atoms with van der Waals surface area (Å²) in [6, 6.07) is 10.9. The van der Waals surface area contributed by atoms with Crippen molar-refractivity contribution in [3.05, 3.63) is 59.5 Å². The van der Waals surface area contributed by atoms with Gasteiger partial charge in [0.25, 0.3) is 0 Å². The predicted octanol–water partition coefficient (Wildman–Crippen LogP) is 2.80. The van der Waals surface area contributed by atoms with Gasteiger partial charge < -0.3 is 15.9 Å². The van der Waals surface area contributed by atoms with E-state index in [-0.39, 0.29) is 11.7 Å². The zero-order valence-corrected chi connectivity index (χ0v) is 15.5. The zero-order valence-electron chi connectivity index (χ0n) is 15.5. The maximum atomic E-state index is 13.3. The van der Waals surface area contributed by atoms with Gasteiger partial charge in [0.1, 0.15) is 5.82 Å². The smallest absolute Gasteiger partial charge is 0.248 e. The van der Waals surface area contributed by atoms with E-state index in [2.05, 4.69) is 9.97 Å². The second-order valence-electron chi connectivity index (χ2n) is 6.88. The quantitative estimate of drug-likeness (QED) is 0.544. The number of halogens is 1. The number of hydrogen-bond acceptors (Lipinski definition) is 5. The van der Waals surface area contributed by atoms with E-state index in [0.29, 0.717) is 47.2 Å². The summed E-state index contributed by atoms with van der Waals surface area (Å²) < 4.78 is 13.3. The third kappa shape index (κ3) is 4.49. The average molecular weight is 383 g/mol. The number of hydrogen-bond donors (Lipinski definition) is 3. The van der Waals surface area contributed by atoms with Crippen LogP contribution in [0.15, 0.2) is 42.5 Å². The molecule has 0 saturated carbocycles. The van der Waals surface area contributed by atoms with Crippen LogP contribution in [0.5, 0.6) is 0 Å². The molecule has 1 heterocycles. The van der Waals surface area contributed by atoms with E-state index in [1.165, 1.54) is 12.1 Å². The van der Waals surface area contributed by atoms with Gasteiger partial charge in [0.15, 0.2) is 6.29 Å². The molecule has 1 unspecified atom stereocenters. The van der Waals surface area contributed by atoms with E-state index in [4.69, 9.17) is 5.73 Å². The highest BCUT2D eigenvalue weighted by atomic mass is 19.1. The molecule has 0 bridgehead atoms. The van der Waals surface area contributed by atoms with Crippen molar-refractivity contribution in [1.82, 2.24) is 9.97 Å². The lowest BCUT2D eigenvalue weighted by Crippen LogP contribution is -2.16. The molecular weight excluding hydrogens is 361 g/mol. The lowest BCUT2D eigenvalue weighted by Gasteiger charge is -2.14. The molecule has 0 aliphatic rings. The summed E-state index contributed by atoms with van der Waals surface area (Å²) in [6.45, 7) is 1.76. The van der Waals surface area contributed by atoms with Crippen LogP contribution in [0.4, 0.5) is 4.39 Å².